The van der Waals surface area contributed by atoms with E-state index in [0.717, 1.165) is 25.4 Å². The molecule has 0 aromatic rings. The van der Waals surface area contributed by atoms with Crippen LogP contribution < -0.4 is 5.32 Å². The molecule has 2 heterocycles. The topological polar surface area (TPSA) is 76.1 Å². The number of nitrogens with one attached hydrogen (secondary N) is 1. The van der Waals surface area contributed by atoms with Crippen LogP contribution in [0.15, 0.2) is 0 Å². The van der Waals surface area contributed by atoms with Crippen molar-refractivity contribution in [2.45, 2.75) is 12.1 Å². The highest BCUT2D eigenvalue weighted by atomic mass is 32.2. The van der Waals surface area contributed by atoms with Crippen molar-refractivity contribution >= 4 is 23.8 Å². The summed E-state index contributed by atoms with van der Waals surface area (Å²) in [5.74, 6) is 0.338. The predicted octanol–water partition coefficient (Wildman–Crippen LogP) is -0.556. The molecule has 0 spiro atoms. The molecule has 0 aromatic heterocycles. The minimum atomic E-state index is -0.924. The van der Waals surface area contributed by atoms with Gasteiger partial charge in [-0.25, -0.2) is 9.59 Å². The van der Waals surface area contributed by atoms with Crippen molar-refractivity contribution < 1.29 is 14.7 Å². The Kier molecular flexibility index (Phi) is 5.72. The predicted molar refractivity (Wildman–Crippen MR) is 82.8 cm³/mol. The summed E-state index contributed by atoms with van der Waals surface area (Å²) in [5.41, 5.74) is 0. The minimum absolute atomic E-state index is 0.260. The number of hydrogen-bond donors (Lipinski definition) is 2. The van der Waals surface area contributed by atoms with Gasteiger partial charge < -0.3 is 20.2 Å². The first kappa shape index (κ1) is 16.4. The summed E-state index contributed by atoms with van der Waals surface area (Å²) in [6.45, 7) is 3.97. The molecule has 2 atom stereocenters. The van der Waals surface area contributed by atoms with E-state index in [-0.39, 0.29) is 12.1 Å². The number of amides is 2. The third-order valence-corrected chi connectivity index (χ3v) is 5.17. The summed E-state index contributed by atoms with van der Waals surface area (Å²) in [7, 11) is 4.13. The molecule has 21 heavy (non-hydrogen) atoms. The van der Waals surface area contributed by atoms with E-state index in [1.807, 2.05) is 0 Å². The van der Waals surface area contributed by atoms with Gasteiger partial charge in [0.1, 0.15) is 6.04 Å². The van der Waals surface area contributed by atoms with E-state index in [4.69, 9.17) is 0 Å². The van der Waals surface area contributed by atoms with Gasteiger partial charge in [0.05, 0.1) is 0 Å². The molecule has 2 unspecified atom stereocenters. The van der Waals surface area contributed by atoms with E-state index < -0.39 is 12.0 Å². The maximum atomic E-state index is 12.3. The number of urea groups is 1. The number of aliphatic carboxylic acids is 1. The Bertz CT molecular complexity index is 396. The fourth-order valence-corrected chi connectivity index (χ4v) is 3.72. The highest BCUT2D eigenvalue weighted by Crippen LogP contribution is 2.16. The molecule has 7 nitrogen and oxygen atoms in total. The standard InChI is InChI=1S/C13H24N4O3S/c1-15-3-4-16(2)10(8-15)7-14-13(20)17-5-6-21-9-11(17)12(18)19/h10-11H,3-9H2,1-2H3,(H,14,20)(H,18,19). The number of piperazine rings is 1. The van der Waals surface area contributed by atoms with Crippen LogP contribution in [0.2, 0.25) is 0 Å². The van der Waals surface area contributed by atoms with Crippen molar-refractivity contribution in [3.8, 4) is 0 Å². The quantitative estimate of drug-likeness (QED) is 0.727. The maximum absolute atomic E-state index is 12.3. The molecule has 2 rings (SSSR count). The van der Waals surface area contributed by atoms with Crippen LogP contribution >= 0.6 is 11.8 Å². The second kappa shape index (κ2) is 7.33. The second-order valence-corrected chi connectivity index (χ2v) is 6.85. The molecule has 2 aliphatic heterocycles. The van der Waals surface area contributed by atoms with Gasteiger partial charge >= 0.3 is 12.0 Å². The van der Waals surface area contributed by atoms with E-state index in [1.54, 1.807) is 11.8 Å². The lowest BCUT2D eigenvalue weighted by Gasteiger charge is -2.38. The molecule has 2 saturated heterocycles. The number of nitrogens with zero attached hydrogens (tertiary/aromatic N) is 3. The van der Waals surface area contributed by atoms with Crippen LogP contribution in [0.4, 0.5) is 4.79 Å². The molecule has 0 radical (unpaired) electrons. The van der Waals surface area contributed by atoms with E-state index in [0.29, 0.717) is 18.8 Å². The highest BCUT2D eigenvalue weighted by Gasteiger charge is 2.33. The monoisotopic (exact) mass is 316 g/mol. The van der Waals surface area contributed by atoms with Gasteiger partial charge in [-0.05, 0) is 14.1 Å². The SMILES string of the molecule is CN1CCN(C)C(CNC(=O)N2CCSCC2C(=O)O)C1. The first-order chi connectivity index (χ1) is 9.99. The van der Waals surface area contributed by atoms with Gasteiger partial charge in [-0.1, -0.05) is 0 Å². The van der Waals surface area contributed by atoms with Crippen molar-refractivity contribution in [3.05, 3.63) is 0 Å². The van der Waals surface area contributed by atoms with Gasteiger partial charge in [0, 0.05) is 50.3 Å². The lowest BCUT2D eigenvalue weighted by Crippen LogP contribution is -2.58. The van der Waals surface area contributed by atoms with Crippen LogP contribution in [-0.2, 0) is 4.79 Å². The van der Waals surface area contributed by atoms with Crippen molar-refractivity contribution in [1.29, 1.82) is 0 Å². The first-order valence-electron chi connectivity index (χ1n) is 7.23. The van der Waals surface area contributed by atoms with Crippen molar-refractivity contribution in [1.82, 2.24) is 20.0 Å². The summed E-state index contributed by atoms with van der Waals surface area (Å²) < 4.78 is 0. The summed E-state index contributed by atoms with van der Waals surface area (Å²) in [5, 5.41) is 12.1. The largest absolute Gasteiger partial charge is 0.480 e. The van der Waals surface area contributed by atoms with Gasteiger partial charge in [-0.15, -0.1) is 0 Å². The molecule has 2 N–H and O–H groups in total. The number of rotatable bonds is 3. The molecule has 0 bridgehead atoms. The number of thioether (sulfide) groups is 1. The van der Waals surface area contributed by atoms with E-state index in [1.165, 1.54) is 4.90 Å². The smallest absolute Gasteiger partial charge is 0.327 e. The van der Waals surface area contributed by atoms with E-state index in [2.05, 4.69) is 29.2 Å². The van der Waals surface area contributed by atoms with E-state index >= 15 is 0 Å². The van der Waals surface area contributed by atoms with Gasteiger partial charge in [-0.2, -0.15) is 11.8 Å². The Hall–Kier alpha value is -0.990. The fraction of sp³-hybridized carbons (Fsp3) is 0.846. The van der Waals surface area contributed by atoms with E-state index in [9.17, 15) is 14.7 Å². The van der Waals surface area contributed by atoms with Crippen LogP contribution in [-0.4, -0.2) is 102 Å². The molecule has 8 heteroatoms. The van der Waals surface area contributed by atoms with Crippen molar-refractivity contribution in [3.63, 3.8) is 0 Å². The van der Waals surface area contributed by atoms with Gasteiger partial charge in [0.25, 0.3) is 0 Å². The second-order valence-electron chi connectivity index (χ2n) is 5.71. The number of carboxylic acid groups (broad SMARTS) is 1. The zero-order chi connectivity index (χ0) is 15.4. The molecule has 120 valence electrons. The Morgan fingerprint density at radius 1 is 1.29 bits per heavy atom. The van der Waals surface area contributed by atoms with Crippen LogP contribution in [0.25, 0.3) is 0 Å². The molecular weight excluding hydrogens is 292 g/mol. The Morgan fingerprint density at radius 3 is 2.76 bits per heavy atom. The summed E-state index contributed by atoms with van der Waals surface area (Å²) >= 11 is 1.58. The fourth-order valence-electron chi connectivity index (χ4n) is 2.68. The maximum Gasteiger partial charge on any atom is 0.327 e. The number of carboxylic acids is 1. The number of likely N-dealkylation sites (N-methyl/N-ethyl adjacent to an activating group) is 2. The normalized spacial score (nSPS) is 28.4. The molecule has 0 saturated carbocycles. The van der Waals surface area contributed by atoms with Crippen LogP contribution in [0.3, 0.4) is 0 Å². The van der Waals surface area contributed by atoms with Crippen LogP contribution in [0.1, 0.15) is 0 Å². The first-order valence-corrected chi connectivity index (χ1v) is 8.38. The Balaban J connectivity index is 1.86. The minimum Gasteiger partial charge on any atom is -0.480 e. The lowest BCUT2D eigenvalue weighted by atomic mass is 10.2. The van der Waals surface area contributed by atoms with Crippen LogP contribution in [0.5, 0.6) is 0 Å². The summed E-state index contributed by atoms with van der Waals surface area (Å²) in [6.07, 6.45) is 0. The summed E-state index contributed by atoms with van der Waals surface area (Å²) in [6, 6.07) is -0.699. The van der Waals surface area contributed by atoms with Crippen LogP contribution in [0, 0.1) is 0 Å². The molecular formula is C13H24N4O3S. The highest BCUT2D eigenvalue weighted by molar-refractivity contribution is 7.99. The summed E-state index contributed by atoms with van der Waals surface area (Å²) in [4.78, 5) is 29.4. The Morgan fingerprint density at radius 2 is 2.05 bits per heavy atom. The van der Waals surface area contributed by atoms with Crippen molar-refractivity contribution in [2.24, 2.45) is 0 Å². The average molecular weight is 316 g/mol. The van der Waals surface area contributed by atoms with Gasteiger partial charge in [0.2, 0.25) is 0 Å². The number of carbonyl (C=O) groups is 2. The molecule has 2 aliphatic rings. The molecule has 2 amide bonds. The third-order valence-electron chi connectivity index (χ3n) is 4.14. The van der Waals surface area contributed by atoms with Crippen molar-refractivity contribution in [2.75, 3.05) is 58.3 Å². The third kappa shape index (κ3) is 4.24. The van der Waals surface area contributed by atoms with Gasteiger partial charge in [0.15, 0.2) is 0 Å². The zero-order valence-electron chi connectivity index (χ0n) is 12.6. The molecule has 2 fully saturated rings. The number of carbonyl (C=O) groups excluding carboxylic acids is 1. The molecule has 0 aromatic carbocycles. The lowest BCUT2D eigenvalue weighted by molar-refractivity contribution is -0.141. The average Bonchev–Trinajstić information content (AvgIpc) is 2.47. The zero-order valence-corrected chi connectivity index (χ0v) is 13.4. The Labute approximate surface area is 129 Å². The van der Waals surface area contributed by atoms with Gasteiger partial charge in [-0.3, -0.25) is 4.90 Å². The molecule has 0 aliphatic carbocycles. The number of hydrogen-bond acceptors (Lipinski definition) is 5.